The summed E-state index contributed by atoms with van der Waals surface area (Å²) in [6.45, 7) is 0.595. The standard InChI is InChI=1S/C21H24ClNO3/c22-17-8-4-5-15(11-17)12-20(21(25)16-6-2-1-3-7-16)26-14-19(24)13-23-18-9-10-18/h1-8,11,18-20,23-24H,9-10,12-14H2. The first-order valence-electron chi connectivity index (χ1n) is 8.98. The van der Waals surface area contributed by atoms with Gasteiger partial charge in [-0.15, -0.1) is 0 Å². The van der Waals surface area contributed by atoms with E-state index < -0.39 is 12.2 Å². The first-order valence-corrected chi connectivity index (χ1v) is 9.36. The number of aliphatic hydroxyl groups excluding tert-OH is 1. The molecule has 1 aliphatic rings. The van der Waals surface area contributed by atoms with Crippen LogP contribution in [-0.4, -0.2) is 42.3 Å². The monoisotopic (exact) mass is 373 g/mol. The van der Waals surface area contributed by atoms with Crippen molar-refractivity contribution in [2.24, 2.45) is 0 Å². The molecule has 26 heavy (non-hydrogen) atoms. The summed E-state index contributed by atoms with van der Waals surface area (Å²) in [5.41, 5.74) is 1.53. The van der Waals surface area contributed by atoms with Gasteiger partial charge < -0.3 is 15.2 Å². The van der Waals surface area contributed by atoms with Gasteiger partial charge in [-0.1, -0.05) is 54.1 Å². The van der Waals surface area contributed by atoms with E-state index in [0.717, 1.165) is 18.4 Å². The Morgan fingerprint density at radius 1 is 1.19 bits per heavy atom. The van der Waals surface area contributed by atoms with E-state index in [1.54, 1.807) is 18.2 Å². The van der Waals surface area contributed by atoms with Crippen molar-refractivity contribution in [2.45, 2.75) is 37.5 Å². The maximum absolute atomic E-state index is 12.9. The van der Waals surface area contributed by atoms with E-state index in [-0.39, 0.29) is 12.4 Å². The van der Waals surface area contributed by atoms with Crippen molar-refractivity contribution in [3.63, 3.8) is 0 Å². The van der Waals surface area contributed by atoms with E-state index in [1.165, 1.54) is 0 Å². The van der Waals surface area contributed by atoms with Crippen LogP contribution in [0.3, 0.4) is 0 Å². The number of rotatable bonds is 10. The molecule has 2 aromatic rings. The molecule has 0 aliphatic heterocycles. The molecule has 2 aromatic carbocycles. The first-order chi connectivity index (χ1) is 12.6. The number of aliphatic hydroxyl groups is 1. The average molecular weight is 374 g/mol. The van der Waals surface area contributed by atoms with Crippen LogP contribution < -0.4 is 5.32 Å². The van der Waals surface area contributed by atoms with E-state index >= 15 is 0 Å². The van der Waals surface area contributed by atoms with Crippen molar-refractivity contribution in [3.8, 4) is 0 Å². The summed E-state index contributed by atoms with van der Waals surface area (Å²) in [7, 11) is 0. The van der Waals surface area contributed by atoms with Gasteiger partial charge in [-0.25, -0.2) is 0 Å². The van der Waals surface area contributed by atoms with Crippen LogP contribution in [0.15, 0.2) is 54.6 Å². The van der Waals surface area contributed by atoms with Crippen LogP contribution in [0.2, 0.25) is 5.02 Å². The van der Waals surface area contributed by atoms with Crippen LogP contribution in [0, 0.1) is 0 Å². The molecule has 0 spiro atoms. The second-order valence-corrected chi connectivity index (χ2v) is 7.16. The van der Waals surface area contributed by atoms with Gasteiger partial charge in [0.25, 0.3) is 0 Å². The number of carbonyl (C=O) groups excluding carboxylic acids is 1. The molecule has 1 saturated carbocycles. The SMILES string of the molecule is O=C(c1ccccc1)C(Cc1cccc(Cl)c1)OCC(O)CNC1CC1. The molecule has 1 fully saturated rings. The highest BCUT2D eigenvalue weighted by atomic mass is 35.5. The third-order valence-corrected chi connectivity index (χ3v) is 4.61. The Balaban J connectivity index is 1.64. The van der Waals surface area contributed by atoms with Gasteiger partial charge in [0.1, 0.15) is 6.10 Å². The minimum absolute atomic E-state index is 0.0899. The third-order valence-electron chi connectivity index (χ3n) is 4.37. The molecular weight excluding hydrogens is 350 g/mol. The molecule has 2 atom stereocenters. The molecule has 5 heteroatoms. The minimum atomic E-state index is -0.661. The number of ketones is 1. The van der Waals surface area contributed by atoms with Gasteiger partial charge in [0.2, 0.25) is 0 Å². The van der Waals surface area contributed by atoms with Crippen molar-refractivity contribution in [2.75, 3.05) is 13.2 Å². The van der Waals surface area contributed by atoms with Crippen molar-refractivity contribution in [1.29, 1.82) is 0 Å². The van der Waals surface area contributed by atoms with Crippen LogP contribution in [0.5, 0.6) is 0 Å². The number of nitrogens with one attached hydrogen (secondary N) is 1. The highest BCUT2D eigenvalue weighted by Crippen LogP contribution is 2.19. The van der Waals surface area contributed by atoms with Crippen molar-refractivity contribution in [3.05, 3.63) is 70.7 Å². The number of hydrogen-bond donors (Lipinski definition) is 2. The summed E-state index contributed by atoms with van der Waals surface area (Å²) in [5, 5.41) is 14.0. The average Bonchev–Trinajstić information content (AvgIpc) is 3.48. The lowest BCUT2D eigenvalue weighted by Gasteiger charge is -2.20. The van der Waals surface area contributed by atoms with Gasteiger partial charge in [-0.2, -0.15) is 0 Å². The predicted octanol–water partition coefficient (Wildman–Crippen LogP) is 3.26. The molecule has 0 amide bonds. The van der Waals surface area contributed by atoms with Crippen LogP contribution in [0.25, 0.3) is 0 Å². The second-order valence-electron chi connectivity index (χ2n) is 6.72. The van der Waals surface area contributed by atoms with Crippen molar-refractivity contribution in [1.82, 2.24) is 5.32 Å². The Kier molecular flexibility index (Phi) is 6.80. The number of benzene rings is 2. The van der Waals surface area contributed by atoms with Gasteiger partial charge in [-0.3, -0.25) is 4.79 Å². The van der Waals surface area contributed by atoms with Crippen LogP contribution in [-0.2, 0) is 11.2 Å². The van der Waals surface area contributed by atoms with Gasteiger partial charge in [0.15, 0.2) is 5.78 Å². The summed E-state index contributed by atoms with van der Waals surface area (Å²) in [5.74, 6) is -0.0899. The molecule has 4 nitrogen and oxygen atoms in total. The fraction of sp³-hybridized carbons (Fsp3) is 0.381. The molecule has 2 N–H and O–H groups in total. The Hall–Kier alpha value is -1.72. The zero-order valence-electron chi connectivity index (χ0n) is 14.6. The third kappa shape index (κ3) is 5.92. The number of halogens is 1. The lowest BCUT2D eigenvalue weighted by atomic mass is 10.00. The minimum Gasteiger partial charge on any atom is -0.389 e. The van der Waals surface area contributed by atoms with E-state index in [0.29, 0.717) is 29.6 Å². The second kappa shape index (κ2) is 9.28. The quantitative estimate of drug-likeness (QED) is 0.627. The van der Waals surface area contributed by atoms with E-state index in [9.17, 15) is 9.90 Å². The van der Waals surface area contributed by atoms with Crippen LogP contribution in [0.4, 0.5) is 0 Å². The topological polar surface area (TPSA) is 58.6 Å². The van der Waals surface area contributed by atoms with E-state index in [2.05, 4.69) is 5.32 Å². The van der Waals surface area contributed by atoms with Gasteiger partial charge in [0.05, 0.1) is 12.7 Å². The Bertz CT molecular complexity index is 718. The summed E-state index contributed by atoms with van der Waals surface area (Å²) in [6.07, 6.45) is 1.44. The fourth-order valence-corrected chi connectivity index (χ4v) is 2.98. The summed E-state index contributed by atoms with van der Waals surface area (Å²) >= 11 is 6.06. The maximum Gasteiger partial charge on any atom is 0.191 e. The molecule has 0 bridgehead atoms. The number of hydrogen-bond acceptors (Lipinski definition) is 4. The van der Waals surface area contributed by atoms with Crippen molar-refractivity contribution < 1.29 is 14.6 Å². The van der Waals surface area contributed by atoms with Crippen LogP contribution in [0.1, 0.15) is 28.8 Å². The summed E-state index contributed by atoms with van der Waals surface area (Å²) in [4.78, 5) is 12.9. The highest BCUT2D eigenvalue weighted by molar-refractivity contribution is 6.30. The summed E-state index contributed by atoms with van der Waals surface area (Å²) < 4.78 is 5.83. The van der Waals surface area contributed by atoms with Crippen LogP contribution >= 0.6 is 11.6 Å². The van der Waals surface area contributed by atoms with Gasteiger partial charge in [-0.05, 0) is 30.5 Å². The summed E-state index contributed by atoms with van der Waals surface area (Å²) in [6, 6.07) is 17.0. The predicted molar refractivity (Wildman–Crippen MR) is 103 cm³/mol. The number of Topliss-reactive ketones (excluding diaryl/α,β-unsaturated/α-hetero) is 1. The molecule has 138 valence electrons. The zero-order chi connectivity index (χ0) is 18.4. The Labute approximate surface area is 159 Å². The molecule has 0 radical (unpaired) electrons. The highest BCUT2D eigenvalue weighted by Gasteiger charge is 2.24. The Morgan fingerprint density at radius 2 is 1.96 bits per heavy atom. The normalized spacial score (nSPS) is 16.2. The van der Waals surface area contributed by atoms with E-state index in [1.807, 2.05) is 36.4 Å². The first kappa shape index (κ1) is 19.1. The molecule has 0 heterocycles. The molecule has 3 rings (SSSR count). The van der Waals surface area contributed by atoms with Gasteiger partial charge >= 0.3 is 0 Å². The van der Waals surface area contributed by atoms with Gasteiger partial charge in [0, 0.05) is 29.6 Å². The lowest BCUT2D eigenvalue weighted by Crippen LogP contribution is -2.35. The number of carbonyl (C=O) groups is 1. The largest absolute Gasteiger partial charge is 0.389 e. The Morgan fingerprint density at radius 3 is 2.65 bits per heavy atom. The molecule has 0 saturated heterocycles. The number of ether oxygens (including phenoxy) is 1. The molecule has 1 aliphatic carbocycles. The molecule has 2 unspecified atom stereocenters. The zero-order valence-corrected chi connectivity index (χ0v) is 15.4. The molecular formula is C21H24ClNO3. The van der Waals surface area contributed by atoms with E-state index in [4.69, 9.17) is 16.3 Å². The molecule has 0 aromatic heterocycles. The fourth-order valence-electron chi connectivity index (χ4n) is 2.77. The van der Waals surface area contributed by atoms with Crippen molar-refractivity contribution >= 4 is 17.4 Å². The smallest absolute Gasteiger partial charge is 0.191 e. The maximum atomic E-state index is 12.9. The lowest BCUT2D eigenvalue weighted by molar-refractivity contribution is -0.00178.